The average molecular weight is 199 g/mol. The number of aromatic nitrogens is 2. The van der Waals surface area contributed by atoms with Crippen LogP contribution in [-0.2, 0) is 11.8 Å². The summed E-state index contributed by atoms with van der Waals surface area (Å²) >= 11 is 0. The summed E-state index contributed by atoms with van der Waals surface area (Å²) in [5, 5.41) is 10.0. The molecule has 0 fully saturated rings. The van der Waals surface area contributed by atoms with Crippen LogP contribution in [0.5, 0.6) is 5.75 Å². The molecule has 1 aromatic heterocycles. The molecule has 7 heteroatoms. The van der Waals surface area contributed by atoms with Gasteiger partial charge in [-0.15, -0.1) is 0 Å². The minimum atomic E-state index is -1.45. The molecular formula is C7H7N2O5-. The van der Waals surface area contributed by atoms with Crippen LogP contribution in [0.15, 0.2) is 15.8 Å². The Labute approximate surface area is 77.6 Å². The molecule has 0 amide bonds. The van der Waals surface area contributed by atoms with E-state index >= 15 is 0 Å². The number of carboxylic acids is 1. The van der Waals surface area contributed by atoms with Crippen molar-refractivity contribution in [1.82, 2.24) is 9.55 Å². The second kappa shape index (κ2) is 3.77. The topological polar surface area (TPSA) is 104 Å². The maximum Gasteiger partial charge on any atom is 0.328 e. The predicted octanol–water partition coefficient (Wildman–Crippen LogP) is -2.80. The third-order valence-electron chi connectivity index (χ3n) is 1.42. The van der Waals surface area contributed by atoms with Crippen LogP contribution in [0.2, 0.25) is 0 Å². The number of carboxylic acid groups (broad SMARTS) is 1. The monoisotopic (exact) mass is 199 g/mol. The van der Waals surface area contributed by atoms with E-state index in [1.807, 2.05) is 4.98 Å². The summed E-state index contributed by atoms with van der Waals surface area (Å²) in [5.74, 6) is -1.69. The van der Waals surface area contributed by atoms with Crippen molar-refractivity contribution in [1.29, 1.82) is 0 Å². The van der Waals surface area contributed by atoms with Crippen LogP contribution in [0.3, 0.4) is 0 Å². The van der Waals surface area contributed by atoms with Gasteiger partial charge in [-0.05, 0) is 0 Å². The number of rotatable bonds is 3. The maximum atomic E-state index is 11.0. The lowest BCUT2D eigenvalue weighted by Crippen LogP contribution is -2.32. The smallest absolute Gasteiger partial charge is 0.328 e. The molecule has 0 atom stereocenters. The molecule has 0 aliphatic rings. The summed E-state index contributed by atoms with van der Waals surface area (Å²) in [6.45, 7) is -0.735. The molecule has 1 heterocycles. The van der Waals surface area contributed by atoms with Gasteiger partial charge in [0.1, 0.15) is 6.61 Å². The summed E-state index contributed by atoms with van der Waals surface area (Å²) in [4.78, 5) is 33.8. The molecule has 7 nitrogen and oxygen atoms in total. The number of carbonyl (C=O) groups excluding carboxylic acids is 1. The molecule has 0 aliphatic carbocycles. The van der Waals surface area contributed by atoms with Gasteiger partial charge in [0.2, 0.25) is 5.75 Å². The molecule has 0 unspecified atom stereocenters. The van der Waals surface area contributed by atoms with E-state index in [0.29, 0.717) is 0 Å². The Morgan fingerprint density at radius 3 is 2.86 bits per heavy atom. The van der Waals surface area contributed by atoms with Crippen molar-refractivity contribution in [3.05, 3.63) is 27.0 Å². The highest BCUT2D eigenvalue weighted by atomic mass is 16.5. The molecule has 0 spiro atoms. The number of nitrogens with one attached hydrogen (secondary N) is 1. The number of aliphatic carboxylic acids is 1. The number of hydrogen-bond acceptors (Lipinski definition) is 5. The number of hydrogen-bond donors (Lipinski definition) is 1. The highest BCUT2D eigenvalue weighted by Gasteiger charge is 2.02. The Balaban J connectivity index is 2.99. The fourth-order valence-electron chi connectivity index (χ4n) is 0.780. The van der Waals surface area contributed by atoms with Crippen molar-refractivity contribution < 1.29 is 14.6 Å². The second-order valence-corrected chi connectivity index (χ2v) is 2.52. The maximum absolute atomic E-state index is 11.0. The minimum Gasteiger partial charge on any atom is -0.546 e. The van der Waals surface area contributed by atoms with E-state index in [1.165, 1.54) is 7.05 Å². The van der Waals surface area contributed by atoms with Gasteiger partial charge < -0.3 is 14.6 Å². The summed E-state index contributed by atoms with van der Waals surface area (Å²) < 4.78 is 5.63. The van der Waals surface area contributed by atoms with E-state index in [9.17, 15) is 19.5 Å². The first-order valence-corrected chi connectivity index (χ1v) is 3.63. The number of aryl methyl sites for hydroxylation is 1. The van der Waals surface area contributed by atoms with Crippen molar-refractivity contribution in [2.24, 2.45) is 7.05 Å². The number of nitrogens with zero attached hydrogens (tertiary/aromatic N) is 1. The van der Waals surface area contributed by atoms with Crippen LogP contribution in [0.25, 0.3) is 0 Å². The molecule has 1 rings (SSSR count). The summed E-state index contributed by atoms with van der Waals surface area (Å²) in [6.07, 6.45) is 1.10. The van der Waals surface area contributed by atoms with Gasteiger partial charge in [-0.2, -0.15) is 0 Å². The van der Waals surface area contributed by atoms with Crippen molar-refractivity contribution in [3.63, 3.8) is 0 Å². The molecule has 14 heavy (non-hydrogen) atoms. The summed E-state index contributed by atoms with van der Waals surface area (Å²) in [7, 11) is 1.39. The summed E-state index contributed by atoms with van der Waals surface area (Å²) in [6, 6.07) is 0. The number of carbonyl (C=O) groups is 1. The second-order valence-electron chi connectivity index (χ2n) is 2.52. The van der Waals surface area contributed by atoms with Crippen LogP contribution < -0.4 is 21.1 Å². The van der Waals surface area contributed by atoms with Gasteiger partial charge in [-0.25, -0.2) is 4.79 Å². The van der Waals surface area contributed by atoms with Crippen LogP contribution >= 0.6 is 0 Å². The Morgan fingerprint density at radius 1 is 1.64 bits per heavy atom. The molecule has 0 saturated carbocycles. The van der Waals surface area contributed by atoms with E-state index in [2.05, 4.69) is 4.74 Å². The quantitative estimate of drug-likeness (QED) is 0.566. The molecule has 0 bridgehead atoms. The van der Waals surface area contributed by atoms with Gasteiger partial charge in [-0.1, -0.05) is 0 Å². The molecule has 76 valence electrons. The number of H-pyrrole nitrogens is 1. The molecule has 0 aliphatic heterocycles. The highest BCUT2D eigenvalue weighted by molar-refractivity contribution is 5.65. The van der Waals surface area contributed by atoms with Crippen molar-refractivity contribution >= 4 is 5.97 Å². The van der Waals surface area contributed by atoms with Crippen LogP contribution in [0.1, 0.15) is 0 Å². The molecule has 1 N–H and O–H groups in total. The Morgan fingerprint density at radius 2 is 2.29 bits per heavy atom. The molecule has 0 radical (unpaired) electrons. The van der Waals surface area contributed by atoms with Gasteiger partial charge in [-0.3, -0.25) is 14.3 Å². The van der Waals surface area contributed by atoms with Crippen LogP contribution in [-0.4, -0.2) is 22.1 Å². The fraction of sp³-hybridized carbons (Fsp3) is 0.286. The Kier molecular flexibility index (Phi) is 2.70. The van der Waals surface area contributed by atoms with Crippen molar-refractivity contribution in [2.75, 3.05) is 6.61 Å². The predicted molar refractivity (Wildman–Crippen MR) is 42.8 cm³/mol. The summed E-state index contributed by atoms with van der Waals surface area (Å²) in [5.41, 5.74) is -1.37. The largest absolute Gasteiger partial charge is 0.546 e. The van der Waals surface area contributed by atoms with Crippen LogP contribution in [0, 0.1) is 0 Å². The molecule has 0 aromatic carbocycles. The number of aromatic amines is 1. The zero-order chi connectivity index (χ0) is 10.7. The van der Waals surface area contributed by atoms with Crippen molar-refractivity contribution in [3.8, 4) is 5.75 Å². The lowest BCUT2D eigenvalue weighted by molar-refractivity contribution is -0.307. The normalized spacial score (nSPS) is 9.79. The Hall–Kier alpha value is -2.05. The van der Waals surface area contributed by atoms with E-state index in [4.69, 9.17) is 0 Å². The van der Waals surface area contributed by atoms with E-state index in [0.717, 1.165) is 10.8 Å². The van der Waals surface area contributed by atoms with E-state index in [1.54, 1.807) is 0 Å². The third-order valence-corrected chi connectivity index (χ3v) is 1.42. The fourth-order valence-corrected chi connectivity index (χ4v) is 0.780. The number of ether oxygens (including phenoxy) is 1. The first-order valence-electron chi connectivity index (χ1n) is 3.63. The Bertz CT molecular complexity index is 458. The van der Waals surface area contributed by atoms with Crippen LogP contribution in [0.4, 0.5) is 0 Å². The molecular weight excluding hydrogens is 192 g/mol. The zero-order valence-corrected chi connectivity index (χ0v) is 7.27. The first kappa shape index (κ1) is 10.0. The van der Waals surface area contributed by atoms with E-state index in [-0.39, 0.29) is 5.75 Å². The standard InChI is InChI=1S/C7H8N2O5/c1-9-2-4(14-3-5(10)11)6(12)8-7(9)13/h2H,3H2,1H3,(H,10,11)(H,8,12,13)/p-1. The minimum absolute atomic E-state index is 0.240. The third kappa shape index (κ3) is 2.22. The molecule has 0 saturated heterocycles. The van der Waals surface area contributed by atoms with Crippen molar-refractivity contribution in [2.45, 2.75) is 0 Å². The molecule has 1 aromatic rings. The zero-order valence-electron chi connectivity index (χ0n) is 7.27. The van der Waals surface area contributed by atoms with Gasteiger partial charge in [0, 0.05) is 7.05 Å². The first-order chi connectivity index (χ1) is 6.50. The van der Waals surface area contributed by atoms with Gasteiger partial charge >= 0.3 is 5.69 Å². The SMILES string of the molecule is Cn1cc(OCC(=O)[O-])c(=O)[nH]c1=O. The highest BCUT2D eigenvalue weighted by Crippen LogP contribution is 1.96. The van der Waals surface area contributed by atoms with E-state index < -0.39 is 23.8 Å². The van der Waals surface area contributed by atoms with Gasteiger partial charge in [0.25, 0.3) is 5.56 Å². The lowest BCUT2D eigenvalue weighted by Gasteiger charge is -2.05. The van der Waals surface area contributed by atoms with Gasteiger partial charge in [0.05, 0.1) is 12.2 Å². The van der Waals surface area contributed by atoms with Gasteiger partial charge in [0.15, 0.2) is 0 Å². The average Bonchev–Trinajstić information content (AvgIpc) is 2.09. The lowest BCUT2D eigenvalue weighted by atomic mass is 10.5.